The van der Waals surface area contributed by atoms with E-state index in [4.69, 9.17) is 0 Å². The van der Waals surface area contributed by atoms with Crippen molar-refractivity contribution in [1.29, 1.82) is 0 Å². The minimum atomic E-state index is 0.678. The highest BCUT2D eigenvalue weighted by Gasteiger charge is 2.19. The molecule has 1 atom stereocenters. The summed E-state index contributed by atoms with van der Waals surface area (Å²) in [6.07, 6.45) is 3.72. The molecular weight excluding hydrogens is 310 g/mol. The number of aromatic nitrogens is 2. The van der Waals surface area contributed by atoms with E-state index in [1.807, 2.05) is 30.2 Å². The Morgan fingerprint density at radius 1 is 1.44 bits per heavy atom. The van der Waals surface area contributed by atoms with Gasteiger partial charge in [0.05, 0.1) is 11.2 Å². The van der Waals surface area contributed by atoms with Crippen LogP contribution in [-0.4, -0.2) is 34.1 Å². The smallest absolute Gasteiger partial charge is 0.112 e. The lowest BCUT2D eigenvalue weighted by Gasteiger charge is -2.32. The zero-order valence-electron chi connectivity index (χ0n) is 10.1. The zero-order chi connectivity index (χ0) is 12.5. The van der Waals surface area contributed by atoms with Crippen LogP contribution in [0.25, 0.3) is 11.0 Å². The Hall–Kier alpha value is -0.810. The molecule has 2 aromatic rings. The van der Waals surface area contributed by atoms with Gasteiger partial charge in [-0.2, -0.15) is 11.8 Å². The van der Waals surface area contributed by atoms with Crippen molar-refractivity contribution in [3.05, 3.63) is 29.0 Å². The van der Waals surface area contributed by atoms with Crippen LogP contribution >= 0.6 is 27.7 Å². The van der Waals surface area contributed by atoms with Crippen molar-refractivity contribution in [3.63, 3.8) is 0 Å². The van der Waals surface area contributed by atoms with Gasteiger partial charge in [0.25, 0.3) is 0 Å². The number of anilines is 1. The summed E-state index contributed by atoms with van der Waals surface area (Å²) in [7, 11) is 0. The highest BCUT2D eigenvalue weighted by Crippen LogP contribution is 2.29. The summed E-state index contributed by atoms with van der Waals surface area (Å²) in [5, 5.41) is 0.678. The van der Waals surface area contributed by atoms with Gasteiger partial charge in [-0.15, -0.1) is 0 Å². The minimum absolute atomic E-state index is 0.678. The van der Waals surface area contributed by atoms with E-state index in [9.17, 15) is 0 Å². The predicted molar refractivity (Wildman–Crippen MR) is 81.4 cm³/mol. The Bertz CT molecular complexity index is 575. The van der Waals surface area contributed by atoms with Crippen LogP contribution in [0.2, 0.25) is 0 Å². The second-order valence-electron chi connectivity index (χ2n) is 4.48. The van der Waals surface area contributed by atoms with Crippen LogP contribution in [0, 0.1) is 0 Å². The molecule has 5 heteroatoms. The van der Waals surface area contributed by atoms with E-state index < -0.39 is 0 Å². The molecule has 1 saturated heterocycles. The van der Waals surface area contributed by atoms with Gasteiger partial charge in [0.15, 0.2) is 0 Å². The van der Waals surface area contributed by atoms with Crippen molar-refractivity contribution in [1.82, 2.24) is 9.97 Å². The SMILES string of the molecule is CC1CN(c2ccnc3cc(Br)cnc23)CCS1. The van der Waals surface area contributed by atoms with E-state index in [1.54, 1.807) is 0 Å². The van der Waals surface area contributed by atoms with Gasteiger partial charge in [0.1, 0.15) is 5.52 Å². The van der Waals surface area contributed by atoms with Crippen LogP contribution in [0.15, 0.2) is 29.0 Å². The van der Waals surface area contributed by atoms with Gasteiger partial charge in [-0.25, -0.2) is 0 Å². The molecule has 3 rings (SSSR count). The van der Waals surface area contributed by atoms with Crippen LogP contribution in [-0.2, 0) is 0 Å². The van der Waals surface area contributed by atoms with Gasteiger partial charge in [-0.1, -0.05) is 6.92 Å². The van der Waals surface area contributed by atoms with Gasteiger partial charge >= 0.3 is 0 Å². The maximum absolute atomic E-state index is 4.52. The van der Waals surface area contributed by atoms with Crippen molar-refractivity contribution < 1.29 is 0 Å². The summed E-state index contributed by atoms with van der Waals surface area (Å²) in [5.74, 6) is 1.18. The van der Waals surface area contributed by atoms with Gasteiger partial charge in [-0.3, -0.25) is 9.97 Å². The third kappa shape index (κ3) is 2.34. The fraction of sp³-hybridized carbons (Fsp3) is 0.385. The predicted octanol–water partition coefficient (Wildman–Crippen LogP) is 3.33. The molecule has 1 aliphatic heterocycles. The second kappa shape index (κ2) is 5.05. The monoisotopic (exact) mass is 323 g/mol. The largest absolute Gasteiger partial charge is 0.368 e. The van der Waals surface area contributed by atoms with Crippen molar-refractivity contribution in [2.45, 2.75) is 12.2 Å². The molecule has 94 valence electrons. The van der Waals surface area contributed by atoms with Gasteiger partial charge in [0.2, 0.25) is 0 Å². The average molecular weight is 324 g/mol. The van der Waals surface area contributed by atoms with E-state index in [-0.39, 0.29) is 0 Å². The minimum Gasteiger partial charge on any atom is -0.368 e. The number of pyridine rings is 2. The van der Waals surface area contributed by atoms with Crippen LogP contribution in [0.1, 0.15) is 6.92 Å². The first-order chi connectivity index (χ1) is 8.74. The molecule has 0 spiro atoms. The Morgan fingerprint density at radius 2 is 2.33 bits per heavy atom. The summed E-state index contributed by atoms with van der Waals surface area (Å²) in [6.45, 7) is 4.46. The first-order valence-electron chi connectivity index (χ1n) is 6.01. The quantitative estimate of drug-likeness (QED) is 0.805. The maximum atomic E-state index is 4.52. The number of hydrogen-bond acceptors (Lipinski definition) is 4. The van der Waals surface area contributed by atoms with Crippen molar-refractivity contribution in [3.8, 4) is 0 Å². The van der Waals surface area contributed by atoms with E-state index >= 15 is 0 Å². The summed E-state index contributed by atoms with van der Waals surface area (Å²) in [6, 6.07) is 4.10. The Balaban J connectivity index is 2.05. The Labute approximate surface area is 119 Å². The molecule has 1 aliphatic rings. The third-order valence-electron chi connectivity index (χ3n) is 3.10. The molecule has 1 unspecified atom stereocenters. The molecule has 0 bridgehead atoms. The lowest BCUT2D eigenvalue weighted by atomic mass is 10.2. The Kier molecular flexibility index (Phi) is 3.43. The lowest BCUT2D eigenvalue weighted by molar-refractivity contribution is 0.784. The number of nitrogens with zero attached hydrogens (tertiary/aromatic N) is 3. The maximum Gasteiger partial charge on any atom is 0.112 e. The third-order valence-corrected chi connectivity index (χ3v) is 4.67. The van der Waals surface area contributed by atoms with Gasteiger partial charge in [-0.05, 0) is 28.1 Å². The van der Waals surface area contributed by atoms with E-state index in [0.29, 0.717) is 5.25 Å². The molecule has 2 aromatic heterocycles. The van der Waals surface area contributed by atoms with Crippen LogP contribution < -0.4 is 4.90 Å². The first kappa shape index (κ1) is 12.2. The molecule has 0 aliphatic carbocycles. The molecule has 1 fully saturated rings. The fourth-order valence-electron chi connectivity index (χ4n) is 2.28. The normalized spacial score (nSPS) is 20.3. The average Bonchev–Trinajstić information content (AvgIpc) is 2.37. The highest BCUT2D eigenvalue weighted by molar-refractivity contribution is 9.10. The molecule has 0 N–H and O–H groups in total. The van der Waals surface area contributed by atoms with E-state index in [0.717, 1.165) is 28.6 Å². The molecule has 0 amide bonds. The lowest BCUT2D eigenvalue weighted by Crippen LogP contribution is -2.36. The zero-order valence-corrected chi connectivity index (χ0v) is 12.5. The Morgan fingerprint density at radius 3 is 3.17 bits per heavy atom. The van der Waals surface area contributed by atoms with Crippen molar-refractivity contribution >= 4 is 44.4 Å². The summed E-state index contributed by atoms with van der Waals surface area (Å²) in [4.78, 5) is 11.3. The molecule has 0 radical (unpaired) electrons. The molecule has 3 nitrogen and oxygen atoms in total. The van der Waals surface area contributed by atoms with E-state index in [2.05, 4.69) is 43.8 Å². The first-order valence-corrected chi connectivity index (χ1v) is 7.85. The number of rotatable bonds is 1. The van der Waals surface area contributed by atoms with Crippen LogP contribution in [0.4, 0.5) is 5.69 Å². The number of thioether (sulfide) groups is 1. The number of halogens is 1. The van der Waals surface area contributed by atoms with Crippen LogP contribution in [0.3, 0.4) is 0 Å². The molecule has 0 saturated carbocycles. The summed E-state index contributed by atoms with van der Waals surface area (Å²) < 4.78 is 0.974. The summed E-state index contributed by atoms with van der Waals surface area (Å²) in [5.41, 5.74) is 3.16. The topological polar surface area (TPSA) is 29.0 Å². The number of hydrogen-bond donors (Lipinski definition) is 0. The number of fused-ring (bicyclic) bond motifs is 1. The van der Waals surface area contributed by atoms with E-state index in [1.165, 1.54) is 11.4 Å². The molecular formula is C13H14BrN3S. The summed E-state index contributed by atoms with van der Waals surface area (Å²) >= 11 is 5.48. The second-order valence-corrected chi connectivity index (χ2v) is 6.94. The highest BCUT2D eigenvalue weighted by atomic mass is 79.9. The van der Waals surface area contributed by atoms with Gasteiger partial charge < -0.3 is 4.90 Å². The van der Waals surface area contributed by atoms with Crippen molar-refractivity contribution in [2.24, 2.45) is 0 Å². The fourth-order valence-corrected chi connectivity index (χ4v) is 3.62. The standard InChI is InChI=1S/C13H14BrN3S/c1-9-8-17(4-5-18-9)12-2-3-15-11-6-10(14)7-16-13(11)12/h2-3,6-7,9H,4-5,8H2,1H3. The molecule has 3 heterocycles. The molecule has 18 heavy (non-hydrogen) atoms. The van der Waals surface area contributed by atoms with Gasteiger partial charge in [0, 0.05) is 41.0 Å². The van der Waals surface area contributed by atoms with Crippen molar-refractivity contribution in [2.75, 3.05) is 23.7 Å². The van der Waals surface area contributed by atoms with Crippen LogP contribution in [0.5, 0.6) is 0 Å². The molecule has 0 aromatic carbocycles.